The van der Waals surface area contributed by atoms with Crippen LogP contribution in [0, 0.1) is 0 Å². The quantitative estimate of drug-likeness (QED) is 0.179. The summed E-state index contributed by atoms with van der Waals surface area (Å²) in [6.45, 7) is 0. The Hall–Kier alpha value is 1.24. The van der Waals surface area contributed by atoms with Crippen molar-refractivity contribution in [2.45, 2.75) is 87.7 Å². The van der Waals surface area contributed by atoms with Gasteiger partial charge in [-0.2, -0.15) is 0 Å². The third-order valence-electron chi connectivity index (χ3n) is 5.67. The third-order valence-corrected chi connectivity index (χ3v) is 10.6. The van der Waals surface area contributed by atoms with Gasteiger partial charge in [0.25, 0.3) is 0 Å². The molecule has 0 heterocycles. The minimum atomic E-state index is -3.76. The molecule has 0 aromatic rings. The van der Waals surface area contributed by atoms with Gasteiger partial charge in [-0.1, -0.05) is 25.7 Å². The molecule has 176 valence electrons. The molecule has 4 N–H and O–H groups in total. The monoisotopic (exact) mass is 516 g/mol. The molecule has 2 aliphatic carbocycles. The number of rotatable bonds is 8. The molecule has 2 saturated carbocycles. The van der Waals surface area contributed by atoms with E-state index in [0.29, 0.717) is 25.7 Å². The van der Waals surface area contributed by atoms with Crippen LogP contribution in [0.1, 0.15) is 64.2 Å². The van der Waals surface area contributed by atoms with E-state index in [1.54, 1.807) is 0 Å². The maximum Gasteiger partial charge on any atom is 1.00 e. The average molecular weight is 516 g/mol. The number of carbonyl (C=O) groups is 2. The summed E-state index contributed by atoms with van der Waals surface area (Å²) in [6.07, 6.45) is 2.15. The van der Waals surface area contributed by atoms with Crippen LogP contribution < -0.4 is 68.9 Å². The summed E-state index contributed by atoms with van der Waals surface area (Å²) in [5.74, 6) is -2.23. The van der Waals surface area contributed by atoms with Crippen LogP contribution in [-0.4, -0.2) is 68.2 Å². The summed E-state index contributed by atoms with van der Waals surface area (Å²) in [5, 5.41) is 35.9. The van der Waals surface area contributed by atoms with E-state index in [1.165, 1.54) is 0 Å². The van der Waals surface area contributed by atoms with Crippen molar-refractivity contribution in [3.05, 3.63) is 0 Å². The number of carboxylic acid groups (broad SMARTS) is 2. The molecule has 10 nitrogen and oxygen atoms in total. The molecular weight excluding hydrogens is 484 g/mol. The molecule has 2 rings (SSSR count). The van der Waals surface area contributed by atoms with E-state index in [9.17, 15) is 38.7 Å². The Labute approximate surface area is 233 Å². The molecule has 0 bridgehead atoms. The largest absolute Gasteiger partial charge is 1.00 e. The number of hydrogen-bond donors (Lipinski definition) is 4. The first-order chi connectivity index (χ1) is 13.9. The van der Waals surface area contributed by atoms with Gasteiger partial charge >= 0.3 is 71.1 Å². The molecule has 32 heavy (non-hydrogen) atoms. The Morgan fingerprint density at radius 3 is 1.22 bits per heavy atom. The first-order valence-corrected chi connectivity index (χ1v) is 14.0. The van der Waals surface area contributed by atoms with Crippen molar-refractivity contribution >= 4 is 26.7 Å². The van der Waals surface area contributed by atoms with Gasteiger partial charge in [-0.15, -0.1) is 0 Å². The number of hydrogen-bond acceptors (Lipinski definition) is 8. The zero-order valence-corrected chi connectivity index (χ0v) is 24.7. The van der Waals surface area contributed by atoms with Gasteiger partial charge in [-0.25, -0.2) is 0 Å². The minimum Gasteiger partial charge on any atom is -0.799 e. The van der Waals surface area contributed by atoms with Crippen LogP contribution in [0.5, 0.6) is 0 Å². The second-order valence-electron chi connectivity index (χ2n) is 8.03. The fourth-order valence-electron chi connectivity index (χ4n) is 3.94. The van der Waals surface area contributed by atoms with Gasteiger partial charge in [-0.3, -0.25) is 9.59 Å². The van der Waals surface area contributed by atoms with Crippen LogP contribution in [-0.2, 0) is 18.7 Å². The van der Waals surface area contributed by atoms with Crippen molar-refractivity contribution in [2.75, 3.05) is 12.3 Å². The van der Waals surface area contributed by atoms with Gasteiger partial charge < -0.3 is 39.3 Å². The SMILES string of the molecule is O=C(O)CCP(=O)([O-])C1CCCCC1O.O=C(O)CCP(=O)([O-])C1CCCCC1O.[Na+].[Na+]. The van der Waals surface area contributed by atoms with Crippen LogP contribution in [0.3, 0.4) is 0 Å². The summed E-state index contributed by atoms with van der Waals surface area (Å²) < 4.78 is 23.4. The van der Waals surface area contributed by atoms with E-state index < -0.39 is 50.2 Å². The van der Waals surface area contributed by atoms with Crippen molar-refractivity contribution in [3.63, 3.8) is 0 Å². The predicted molar refractivity (Wildman–Crippen MR) is 106 cm³/mol. The Morgan fingerprint density at radius 1 is 0.688 bits per heavy atom. The summed E-state index contributed by atoms with van der Waals surface area (Å²) in [6, 6.07) is 0. The molecule has 0 aromatic carbocycles. The standard InChI is InChI=1S/2C9H17O5P.2Na/c2*10-7-3-1-2-4-8(7)15(13,14)6-5-9(11)12;;/h2*7-8,10H,1-6H2,(H,11,12)(H,13,14);;/q;;2*+1/p-2. The smallest absolute Gasteiger partial charge is 0.799 e. The number of carboxylic acids is 2. The molecule has 2 aliphatic rings. The van der Waals surface area contributed by atoms with Crippen molar-refractivity contribution in [1.29, 1.82) is 0 Å². The summed E-state index contributed by atoms with van der Waals surface area (Å²) in [4.78, 5) is 44.0. The molecule has 0 radical (unpaired) electrons. The predicted octanol–water partition coefficient (Wildman–Crippen LogP) is -5.19. The topological polar surface area (TPSA) is 195 Å². The first-order valence-electron chi connectivity index (χ1n) is 10.3. The zero-order valence-electron chi connectivity index (χ0n) is 18.9. The number of aliphatic carboxylic acids is 2. The third kappa shape index (κ3) is 12.8. The molecule has 0 aliphatic heterocycles. The zero-order chi connectivity index (χ0) is 22.9. The number of aliphatic hydroxyl groups excluding tert-OH is 2. The fourth-order valence-corrected chi connectivity index (χ4v) is 8.10. The Balaban J connectivity index is 0. The van der Waals surface area contributed by atoms with Crippen molar-refractivity contribution in [2.24, 2.45) is 0 Å². The van der Waals surface area contributed by atoms with Gasteiger partial charge in [0.15, 0.2) is 0 Å². The second kappa shape index (κ2) is 16.8. The maximum absolute atomic E-state index is 11.7. The summed E-state index contributed by atoms with van der Waals surface area (Å²) in [5.41, 5.74) is -1.46. The number of aliphatic hydroxyl groups is 2. The van der Waals surface area contributed by atoms with Crippen molar-refractivity contribution in [1.82, 2.24) is 0 Å². The Morgan fingerprint density at radius 2 is 0.969 bits per heavy atom. The molecular formula is C18H32Na2O10P2. The van der Waals surface area contributed by atoms with Crippen LogP contribution in [0.15, 0.2) is 0 Å². The molecule has 0 amide bonds. The van der Waals surface area contributed by atoms with Gasteiger partial charge in [-0.05, 0) is 38.0 Å². The van der Waals surface area contributed by atoms with Crippen LogP contribution in [0.2, 0.25) is 0 Å². The molecule has 14 heteroatoms. The van der Waals surface area contributed by atoms with Crippen molar-refractivity contribution in [3.8, 4) is 0 Å². The van der Waals surface area contributed by atoms with Gasteiger partial charge in [0.05, 0.1) is 25.0 Å². The van der Waals surface area contributed by atoms with Crippen LogP contribution in [0.4, 0.5) is 0 Å². The fraction of sp³-hybridized carbons (Fsp3) is 0.889. The molecule has 0 aromatic heterocycles. The first kappa shape index (κ1) is 35.4. The van der Waals surface area contributed by atoms with E-state index in [2.05, 4.69) is 0 Å². The van der Waals surface area contributed by atoms with Gasteiger partial charge in [0.1, 0.15) is 0 Å². The maximum atomic E-state index is 11.7. The Bertz CT molecular complexity index is 622. The van der Waals surface area contributed by atoms with E-state index in [4.69, 9.17) is 10.2 Å². The van der Waals surface area contributed by atoms with E-state index >= 15 is 0 Å². The second-order valence-corrected chi connectivity index (χ2v) is 13.2. The molecule has 0 saturated heterocycles. The van der Waals surface area contributed by atoms with Crippen molar-refractivity contribution < 1.29 is 108 Å². The van der Waals surface area contributed by atoms with E-state index in [1.807, 2.05) is 0 Å². The van der Waals surface area contributed by atoms with Gasteiger partial charge in [0, 0.05) is 26.1 Å². The van der Waals surface area contributed by atoms with E-state index in [-0.39, 0.29) is 84.3 Å². The summed E-state index contributed by atoms with van der Waals surface area (Å²) in [7, 11) is -7.52. The molecule has 2 fully saturated rings. The summed E-state index contributed by atoms with van der Waals surface area (Å²) >= 11 is 0. The van der Waals surface area contributed by atoms with Crippen LogP contribution in [0.25, 0.3) is 0 Å². The van der Waals surface area contributed by atoms with Gasteiger partial charge in [0.2, 0.25) is 0 Å². The molecule has 0 spiro atoms. The average Bonchev–Trinajstić information content (AvgIpc) is 2.66. The van der Waals surface area contributed by atoms with Crippen LogP contribution >= 0.6 is 14.7 Å². The van der Waals surface area contributed by atoms with E-state index in [0.717, 1.165) is 25.7 Å². The minimum absolute atomic E-state index is 0. The molecule has 6 unspecified atom stereocenters. The Kier molecular flexibility index (Phi) is 18.6. The molecule has 6 atom stereocenters. The normalized spacial score (nSPS) is 28.9.